The molecule has 0 aliphatic carbocycles. The number of sulfonamides is 1. The number of aliphatic hydroxyl groups excluding tert-OH is 1. The highest BCUT2D eigenvalue weighted by molar-refractivity contribution is 7.92. The van der Waals surface area contributed by atoms with Gasteiger partial charge in [0.2, 0.25) is 0 Å². The van der Waals surface area contributed by atoms with E-state index in [1.54, 1.807) is 12.1 Å². The maximum atomic E-state index is 13.2. The van der Waals surface area contributed by atoms with Crippen LogP contribution in [0.15, 0.2) is 59.6 Å². The van der Waals surface area contributed by atoms with Crippen LogP contribution in [0, 0.1) is 6.92 Å². The van der Waals surface area contributed by atoms with E-state index in [1.165, 1.54) is 11.6 Å². The molecule has 0 fully saturated rings. The van der Waals surface area contributed by atoms with Crippen LogP contribution in [-0.4, -0.2) is 43.2 Å². The average molecular weight is 481 g/mol. The number of nitrogens with one attached hydrogen (secondary N) is 1. The Labute approximate surface area is 201 Å². The Morgan fingerprint density at radius 2 is 1.82 bits per heavy atom. The molecule has 7 nitrogen and oxygen atoms in total. The molecule has 3 heterocycles. The summed E-state index contributed by atoms with van der Waals surface area (Å²) in [5, 5.41) is 9.15. The SMILES string of the molecule is Cc1ccc2nc1-c1ccccc1CCCCCN(CCCCO)c1cccc(n1)S(=O)(=O)N2. The number of aromatic nitrogens is 2. The summed E-state index contributed by atoms with van der Waals surface area (Å²) >= 11 is 0. The quantitative estimate of drug-likeness (QED) is 0.532. The fourth-order valence-electron chi connectivity index (χ4n) is 4.30. The number of nitrogens with zero attached hydrogens (tertiary/aromatic N) is 3. The lowest BCUT2D eigenvalue weighted by Crippen LogP contribution is -2.27. The second-order valence-electron chi connectivity index (χ2n) is 8.69. The van der Waals surface area contributed by atoms with Crippen LogP contribution in [0.2, 0.25) is 0 Å². The van der Waals surface area contributed by atoms with Gasteiger partial charge in [-0.2, -0.15) is 8.42 Å². The topological polar surface area (TPSA) is 95.4 Å². The minimum Gasteiger partial charge on any atom is -0.396 e. The van der Waals surface area contributed by atoms with E-state index in [9.17, 15) is 13.5 Å². The van der Waals surface area contributed by atoms with Gasteiger partial charge in [0, 0.05) is 25.3 Å². The normalized spacial score (nSPS) is 15.9. The van der Waals surface area contributed by atoms with Crippen LogP contribution in [0.3, 0.4) is 0 Å². The molecule has 0 unspecified atom stereocenters. The number of hydrogen-bond donors (Lipinski definition) is 2. The molecular formula is C26H32N4O3S. The van der Waals surface area contributed by atoms with Gasteiger partial charge in [0.15, 0.2) is 5.03 Å². The molecule has 4 bridgehead atoms. The summed E-state index contributed by atoms with van der Waals surface area (Å²) in [4.78, 5) is 11.3. The minimum absolute atomic E-state index is 0.0337. The van der Waals surface area contributed by atoms with Gasteiger partial charge in [-0.1, -0.05) is 42.8 Å². The molecule has 0 saturated carbocycles. The molecule has 3 aromatic rings. The molecule has 1 aromatic carbocycles. The highest BCUT2D eigenvalue weighted by Gasteiger charge is 2.20. The van der Waals surface area contributed by atoms with E-state index < -0.39 is 10.0 Å². The minimum atomic E-state index is -3.91. The molecule has 180 valence electrons. The van der Waals surface area contributed by atoms with Crippen LogP contribution in [0.25, 0.3) is 11.3 Å². The van der Waals surface area contributed by atoms with Crippen molar-refractivity contribution in [2.45, 2.75) is 50.5 Å². The van der Waals surface area contributed by atoms with E-state index in [0.29, 0.717) is 12.2 Å². The summed E-state index contributed by atoms with van der Waals surface area (Å²) in [6.07, 6.45) is 5.54. The number of rotatable bonds is 4. The Hall–Kier alpha value is -2.97. The van der Waals surface area contributed by atoms with Crippen molar-refractivity contribution in [3.63, 3.8) is 0 Å². The smallest absolute Gasteiger partial charge is 0.280 e. The first-order valence-electron chi connectivity index (χ1n) is 11.9. The Kier molecular flexibility index (Phi) is 7.80. The summed E-state index contributed by atoms with van der Waals surface area (Å²) in [5.74, 6) is 0.908. The maximum absolute atomic E-state index is 13.2. The van der Waals surface area contributed by atoms with E-state index in [1.807, 2.05) is 31.2 Å². The zero-order chi connectivity index (χ0) is 24.0. The predicted molar refractivity (Wildman–Crippen MR) is 136 cm³/mol. The van der Waals surface area contributed by atoms with Gasteiger partial charge >= 0.3 is 0 Å². The van der Waals surface area contributed by atoms with E-state index in [4.69, 9.17) is 4.98 Å². The lowest BCUT2D eigenvalue weighted by Gasteiger charge is -2.24. The van der Waals surface area contributed by atoms with Gasteiger partial charge in [-0.05, 0) is 68.4 Å². The molecule has 0 saturated heterocycles. The third kappa shape index (κ3) is 5.74. The van der Waals surface area contributed by atoms with Gasteiger partial charge in [-0.3, -0.25) is 4.72 Å². The number of aryl methyl sites for hydroxylation is 2. The molecule has 0 amide bonds. The van der Waals surface area contributed by atoms with Crippen LogP contribution >= 0.6 is 0 Å². The van der Waals surface area contributed by atoms with Crippen LogP contribution in [0.4, 0.5) is 11.6 Å². The molecular weight excluding hydrogens is 448 g/mol. The lowest BCUT2D eigenvalue weighted by molar-refractivity contribution is 0.285. The van der Waals surface area contributed by atoms with Crippen LogP contribution < -0.4 is 9.62 Å². The Morgan fingerprint density at radius 3 is 2.68 bits per heavy atom. The van der Waals surface area contributed by atoms with Crippen molar-refractivity contribution in [2.24, 2.45) is 0 Å². The molecule has 4 rings (SSSR count). The molecule has 0 spiro atoms. The van der Waals surface area contributed by atoms with Gasteiger partial charge in [-0.15, -0.1) is 0 Å². The molecule has 1 aliphatic heterocycles. The first kappa shape index (κ1) is 24.2. The van der Waals surface area contributed by atoms with Gasteiger partial charge in [0.1, 0.15) is 11.6 Å². The number of hydrogen-bond acceptors (Lipinski definition) is 6. The predicted octanol–water partition coefficient (Wildman–Crippen LogP) is 4.56. The van der Waals surface area contributed by atoms with Crippen molar-refractivity contribution >= 4 is 21.7 Å². The second kappa shape index (κ2) is 11.0. The first-order chi connectivity index (χ1) is 16.5. The number of pyridine rings is 2. The number of aliphatic hydroxyl groups is 1. The zero-order valence-electron chi connectivity index (χ0n) is 19.6. The van der Waals surface area contributed by atoms with Crippen molar-refractivity contribution in [1.82, 2.24) is 9.97 Å². The molecule has 2 N–H and O–H groups in total. The fraction of sp³-hybridized carbons (Fsp3) is 0.385. The average Bonchev–Trinajstić information content (AvgIpc) is 2.84. The largest absolute Gasteiger partial charge is 0.396 e. The van der Waals surface area contributed by atoms with Gasteiger partial charge in [0.25, 0.3) is 10.0 Å². The molecule has 0 radical (unpaired) electrons. The number of anilines is 2. The number of unbranched alkanes of at least 4 members (excludes halogenated alkanes) is 1. The monoisotopic (exact) mass is 480 g/mol. The van der Waals surface area contributed by atoms with Crippen LogP contribution in [-0.2, 0) is 16.4 Å². The van der Waals surface area contributed by atoms with Crippen molar-refractivity contribution in [3.05, 3.63) is 65.7 Å². The third-order valence-electron chi connectivity index (χ3n) is 6.13. The summed E-state index contributed by atoms with van der Waals surface area (Å²) in [5.41, 5.74) is 4.05. The Bertz CT molecular complexity index is 1230. The van der Waals surface area contributed by atoms with Gasteiger partial charge < -0.3 is 10.0 Å². The first-order valence-corrected chi connectivity index (χ1v) is 13.4. The fourth-order valence-corrected chi connectivity index (χ4v) is 5.26. The number of benzene rings is 1. The summed E-state index contributed by atoms with van der Waals surface area (Å²) < 4.78 is 29.0. The summed E-state index contributed by atoms with van der Waals surface area (Å²) in [6, 6.07) is 16.9. The van der Waals surface area contributed by atoms with Crippen LogP contribution in [0.1, 0.15) is 43.2 Å². The standard InChI is InChI=1S/C26H32N4O3S/c1-20-15-16-23-27-26(20)22-12-5-4-11-21(22)10-3-2-6-17-30(18-7-8-19-31)24-13-9-14-25(28-24)34(32,33)29-23/h4-5,9,11-16,31H,2-3,6-8,10,17-19H2,1H3,(H,27,29). The van der Waals surface area contributed by atoms with Crippen molar-refractivity contribution in [2.75, 3.05) is 29.3 Å². The molecule has 8 heteroatoms. The van der Waals surface area contributed by atoms with Gasteiger partial charge in [-0.25, -0.2) is 9.97 Å². The summed E-state index contributed by atoms with van der Waals surface area (Å²) in [6.45, 7) is 3.64. The Balaban J connectivity index is 1.74. The van der Waals surface area contributed by atoms with Crippen molar-refractivity contribution < 1.29 is 13.5 Å². The maximum Gasteiger partial charge on any atom is 0.280 e. The van der Waals surface area contributed by atoms with E-state index in [2.05, 4.69) is 26.7 Å². The van der Waals surface area contributed by atoms with Crippen LogP contribution in [0.5, 0.6) is 0 Å². The second-order valence-corrected chi connectivity index (χ2v) is 10.3. The molecule has 34 heavy (non-hydrogen) atoms. The molecule has 0 atom stereocenters. The summed E-state index contributed by atoms with van der Waals surface area (Å²) in [7, 11) is -3.91. The van der Waals surface area contributed by atoms with Crippen molar-refractivity contribution in [1.29, 1.82) is 0 Å². The molecule has 2 aromatic heterocycles. The van der Waals surface area contributed by atoms with Gasteiger partial charge in [0.05, 0.1) is 5.69 Å². The highest BCUT2D eigenvalue weighted by atomic mass is 32.2. The highest BCUT2D eigenvalue weighted by Crippen LogP contribution is 2.29. The molecule has 1 aliphatic rings. The third-order valence-corrected chi connectivity index (χ3v) is 7.38. The van der Waals surface area contributed by atoms with Crippen molar-refractivity contribution in [3.8, 4) is 11.3 Å². The van der Waals surface area contributed by atoms with E-state index >= 15 is 0 Å². The Morgan fingerprint density at radius 1 is 0.971 bits per heavy atom. The zero-order valence-corrected chi connectivity index (χ0v) is 20.4. The lowest BCUT2D eigenvalue weighted by atomic mass is 9.96. The van der Waals surface area contributed by atoms with E-state index in [0.717, 1.165) is 62.0 Å². The number of fused-ring (bicyclic) bond motifs is 6. The van der Waals surface area contributed by atoms with E-state index in [-0.39, 0.29) is 17.5 Å².